The summed E-state index contributed by atoms with van der Waals surface area (Å²) in [4.78, 5) is 12.5. The van der Waals surface area contributed by atoms with Gasteiger partial charge in [0.25, 0.3) is 5.91 Å². The highest BCUT2D eigenvalue weighted by atomic mass is 35.5. The Labute approximate surface area is 174 Å². The Morgan fingerprint density at radius 1 is 1.10 bits per heavy atom. The molecule has 9 heteroatoms. The number of nitrogens with zero attached hydrogens (tertiary/aromatic N) is 1. The number of anilines is 2. The third-order valence-electron chi connectivity index (χ3n) is 4.17. The fraction of sp³-hybridized carbons (Fsp3) is 0.0476. The van der Waals surface area contributed by atoms with E-state index in [1.54, 1.807) is 36.4 Å². The van der Waals surface area contributed by atoms with Crippen LogP contribution in [0.1, 0.15) is 5.56 Å². The zero-order valence-electron chi connectivity index (χ0n) is 15.1. The van der Waals surface area contributed by atoms with Crippen LogP contribution in [0.4, 0.5) is 24.5 Å². The van der Waals surface area contributed by atoms with Crippen molar-refractivity contribution in [3.8, 4) is 11.8 Å². The minimum Gasteiger partial charge on any atom is -0.507 e. The predicted octanol–water partition coefficient (Wildman–Crippen LogP) is 5.68. The molecule has 30 heavy (non-hydrogen) atoms. The standard InChI is InChI=1S/C21H13ClF3N3O2/c22-17-8-7-13(9-16(17)21(23,24)25)27-11-12(10-26)20(30)28-18-5-1-4-15-14(18)3-2-6-19(15)29/h1-9,11,27,29H,(H,28,30)/b12-11-. The average molecular weight is 432 g/mol. The molecule has 0 radical (unpaired) electrons. The molecule has 3 aromatic carbocycles. The number of carbonyl (C=O) groups is 1. The van der Waals surface area contributed by atoms with Crippen molar-refractivity contribution in [1.29, 1.82) is 5.26 Å². The lowest BCUT2D eigenvalue weighted by Gasteiger charge is -2.11. The number of fused-ring (bicyclic) bond motifs is 1. The highest BCUT2D eigenvalue weighted by Crippen LogP contribution is 2.36. The van der Waals surface area contributed by atoms with Gasteiger partial charge in [-0.25, -0.2) is 0 Å². The minimum atomic E-state index is -4.64. The van der Waals surface area contributed by atoms with Crippen molar-refractivity contribution in [1.82, 2.24) is 0 Å². The summed E-state index contributed by atoms with van der Waals surface area (Å²) in [6.45, 7) is 0. The summed E-state index contributed by atoms with van der Waals surface area (Å²) >= 11 is 5.57. The van der Waals surface area contributed by atoms with E-state index in [-0.39, 0.29) is 17.0 Å². The molecule has 0 aromatic heterocycles. The molecule has 0 heterocycles. The molecule has 1 amide bonds. The first-order valence-corrected chi connectivity index (χ1v) is 8.84. The molecule has 3 N–H and O–H groups in total. The summed E-state index contributed by atoms with van der Waals surface area (Å²) in [6.07, 6.45) is -3.64. The number of hydrogen-bond donors (Lipinski definition) is 3. The van der Waals surface area contributed by atoms with E-state index in [1.165, 1.54) is 12.1 Å². The van der Waals surface area contributed by atoms with Gasteiger partial charge in [0.1, 0.15) is 17.4 Å². The summed E-state index contributed by atoms with van der Waals surface area (Å²) in [5.41, 5.74) is -1.04. The van der Waals surface area contributed by atoms with Crippen LogP contribution in [0.2, 0.25) is 5.02 Å². The van der Waals surface area contributed by atoms with Gasteiger partial charge < -0.3 is 15.7 Å². The lowest BCUT2D eigenvalue weighted by Crippen LogP contribution is -2.15. The molecule has 0 fully saturated rings. The van der Waals surface area contributed by atoms with Crippen LogP contribution in [0, 0.1) is 11.3 Å². The SMILES string of the molecule is N#C/C(=C/Nc1ccc(Cl)c(C(F)(F)F)c1)C(=O)Nc1cccc2c(O)cccc12. The van der Waals surface area contributed by atoms with Crippen LogP contribution in [0.3, 0.4) is 0 Å². The van der Waals surface area contributed by atoms with Crippen molar-refractivity contribution in [3.63, 3.8) is 0 Å². The fourth-order valence-corrected chi connectivity index (χ4v) is 2.95. The van der Waals surface area contributed by atoms with Gasteiger partial charge in [-0.05, 0) is 30.3 Å². The van der Waals surface area contributed by atoms with Crippen molar-refractivity contribution in [2.24, 2.45) is 0 Å². The number of nitriles is 1. The second-order valence-corrected chi connectivity index (χ2v) is 6.55. The molecule has 5 nitrogen and oxygen atoms in total. The van der Waals surface area contributed by atoms with E-state index in [1.807, 2.05) is 0 Å². The molecular weight excluding hydrogens is 419 g/mol. The van der Waals surface area contributed by atoms with Crippen LogP contribution in [0.25, 0.3) is 10.8 Å². The Morgan fingerprint density at radius 3 is 2.50 bits per heavy atom. The van der Waals surface area contributed by atoms with Gasteiger partial charge in [0.05, 0.1) is 10.6 Å². The number of halogens is 4. The molecule has 0 atom stereocenters. The minimum absolute atomic E-state index is 0.00218. The van der Waals surface area contributed by atoms with Gasteiger partial charge in [-0.1, -0.05) is 35.9 Å². The summed E-state index contributed by atoms with van der Waals surface area (Å²) in [7, 11) is 0. The maximum Gasteiger partial charge on any atom is 0.417 e. The third kappa shape index (κ3) is 4.47. The zero-order valence-corrected chi connectivity index (χ0v) is 15.8. The van der Waals surface area contributed by atoms with Gasteiger partial charge in [0, 0.05) is 28.3 Å². The topological polar surface area (TPSA) is 85.2 Å². The van der Waals surface area contributed by atoms with E-state index >= 15 is 0 Å². The van der Waals surface area contributed by atoms with Gasteiger partial charge in [-0.3, -0.25) is 4.79 Å². The summed E-state index contributed by atoms with van der Waals surface area (Å²) in [5.74, 6) is -0.740. The number of hydrogen-bond acceptors (Lipinski definition) is 4. The molecule has 0 bridgehead atoms. The van der Waals surface area contributed by atoms with E-state index in [9.17, 15) is 28.3 Å². The first-order chi connectivity index (χ1) is 14.2. The van der Waals surface area contributed by atoms with Crippen LogP contribution in [0.15, 0.2) is 66.4 Å². The normalized spacial score (nSPS) is 11.8. The number of carbonyl (C=O) groups excluding carboxylic acids is 1. The Kier molecular flexibility index (Phi) is 5.85. The molecule has 0 saturated heterocycles. The lowest BCUT2D eigenvalue weighted by molar-refractivity contribution is -0.137. The van der Waals surface area contributed by atoms with E-state index in [0.29, 0.717) is 16.5 Å². The molecule has 0 aliphatic heterocycles. The summed E-state index contributed by atoms with van der Waals surface area (Å²) < 4.78 is 38.9. The lowest BCUT2D eigenvalue weighted by atomic mass is 10.1. The molecule has 3 rings (SSSR count). The third-order valence-corrected chi connectivity index (χ3v) is 4.50. The van der Waals surface area contributed by atoms with Gasteiger partial charge in [-0.15, -0.1) is 0 Å². The number of phenolic OH excluding ortho intramolecular Hbond substituents is 1. The average Bonchev–Trinajstić information content (AvgIpc) is 2.69. The highest BCUT2D eigenvalue weighted by Gasteiger charge is 2.33. The smallest absolute Gasteiger partial charge is 0.417 e. The molecule has 3 aromatic rings. The van der Waals surface area contributed by atoms with E-state index < -0.39 is 22.7 Å². The maximum absolute atomic E-state index is 13.0. The van der Waals surface area contributed by atoms with E-state index in [0.717, 1.165) is 18.3 Å². The largest absolute Gasteiger partial charge is 0.507 e. The van der Waals surface area contributed by atoms with Crippen molar-refractivity contribution in [3.05, 3.63) is 77.0 Å². The van der Waals surface area contributed by atoms with Crippen molar-refractivity contribution in [2.45, 2.75) is 6.18 Å². The number of amides is 1. The number of nitrogens with one attached hydrogen (secondary N) is 2. The van der Waals surface area contributed by atoms with Gasteiger partial charge in [0.15, 0.2) is 0 Å². The van der Waals surface area contributed by atoms with Crippen LogP contribution >= 0.6 is 11.6 Å². The highest BCUT2D eigenvalue weighted by molar-refractivity contribution is 6.31. The summed E-state index contributed by atoms with van der Waals surface area (Å²) in [6, 6.07) is 14.5. The van der Waals surface area contributed by atoms with E-state index in [2.05, 4.69) is 10.6 Å². The Balaban J connectivity index is 1.84. The Bertz CT molecular complexity index is 1200. The fourth-order valence-electron chi connectivity index (χ4n) is 2.73. The van der Waals surface area contributed by atoms with Gasteiger partial charge >= 0.3 is 6.18 Å². The second kappa shape index (κ2) is 8.35. The summed E-state index contributed by atoms with van der Waals surface area (Å²) in [5, 5.41) is 24.9. The van der Waals surface area contributed by atoms with Crippen LogP contribution in [-0.2, 0) is 11.0 Å². The number of aromatic hydroxyl groups is 1. The van der Waals surface area contributed by atoms with Gasteiger partial charge in [-0.2, -0.15) is 18.4 Å². The van der Waals surface area contributed by atoms with Crippen molar-refractivity contribution in [2.75, 3.05) is 10.6 Å². The van der Waals surface area contributed by atoms with Crippen LogP contribution in [0.5, 0.6) is 5.75 Å². The van der Waals surface area contributed by atoms with Crippen molar-refractivity contribution >= 4 is 39.7 Å². The maximum atomic E-state index is 13.0. The Morgan fingerprint density at radius 2 is 1.80 bits per heavy atom. The predicted molar refractivity (Wildman–Crippen MR) is 108 cm³/mol. The number of alkyl halides is 3. The molecule has 0 aliphatic rings. The van der Waals surface area contributed by atoms with Crippen molar-refractivity contribution < 1.29 is 23.1 Å². The first kappa shape index (κ1) is 21.0. The Hall–Kier alpha value is -3.70. The van der Waals surface area contributed by atoms with Crippen LogP contribution < -0.4 is 10.6 Å². The van der Waals surface area contributed by atoms with E-state index in [4.69, 9.17) is 11.6 Å². The van der Waals surface area contributed by atoms with Crippen LogP contribution in [-0.4, -0.2) is 11.0 Å². The quantitative estimate of drug-likeness (QED) is 0.366. The zero-order chi connectivity index (χ0) is 21.9. The number of rotatable bonds is 4. The second-order valence-electron chi connectivity index (χ2n) is 6.14. The van der Waals surface area contributed by atoms with Gasteiger partial charge in [0.2, 0.25) is 0 Å². The molecular formula is C21H13ClF3N3O2. The molecule has 0 unspecified atom stereocenters. The number of benzene rings is 3. The molecule has 0 spiro atoms. The molecule has 0 saturated carbocycles. The first-order valence-electron chi connectivity index (χ1n) is 8.46. The monoisotopic (exact) mass is 431 g/mol. The molecule has 0 aliphatic carbocycles. The molecule has 152 valence electrons. The number of phenols is 1.